The molecule has 0 aromatic rings. The Balaban J connectivity index is 1.86. The number of rotatable bonds is 0. The standard InChI is InChI=1S/C20H32O4/c1-10-11-7-12(21)16-19(4)6-5-14(23)18(2,3)15(19)13(22)9-20(16,8-11)17(10)24/h10-16,21-23H,5-9H2,1-4H3/t10-,11+,12+,13+,14-,15?,16+,19-,20+/m1/s1. The predicted molar refractivity (Wildman–Crippen MR) is 90.1 cm³/mol. The zero-order valence-corrected chi connectivity index (χ0v) is 15.3. The summed E-state index contributed by atoms with van der Waals surface area (Å²) in [5.74, 6) is 0.368. The van der Waals surface area contributed by atoms with E-state index in [1.165, 1.54) is 0 Å². The van der Waals surface area contributed by atoms with Gasteiger partial charge in [-0.2, -0.15) is 0 Å². The molecule has 3 N–H and O–H groups in total. The van der Waals surface area contributed by atoms with Crippen molar-refractivity contribution in [3.63, 3.8) is 0 Å². The highest BCUT2D eigenvalue weighted by molar-refractivity contribution is 5.90. The van der Waals surface area contributed by atoms with E-state index in [2.05, 4.69) is 6.92 Å². The monoisotopic (exact) mass is 336 g/mol. The van der Waals surface area contributed by atoms with Crippen LogP contribution in [0.1, 0.15) is 59.8 Å². The minimum Gasteiger partial charge on any atom is -0.393 e. The van der Waals surface area contributed by atoms with Crippen LogP contribution in [0.4, 0.5) is 0 Å². The van der Waals surface area contributed by atoms with Crippen LogP contribution in [0.25, 0.3) is 0 Å². The lowest BCUT2D eigenvalue weighted by Crippen LogP contribution is -2.67. The van der Waals surface area contributed by atoms with Gasteiger partial charge in [-0.15, -0.1) is 0 Å². The van der Waals surface area contributed by atoms with Gasteiger partial charge in [0.15, 0.2) is 0 Å². The maximum Gasteiger partial charge on any atom is 0.142 e. The number of carbonyl (C=O) groups is 1. The molecule has 0 heterocycles. The normalized spacial score (nSPS) is 59.0. The van der Waals surface area contributed by atoms with Gasteiger partial charge in [0.05, 0.1) is 18.3 Å². The first-order valence-electron chi connectivity index (χ1n) is 9.64. The van der Waals surface area contributed by atoms with Crippen molar-refractivity contribution in [2.75, 3.05) is 0 Å². The summed E-state index contributed by atoms with van der Waals surface area (Å²) in [6.07, 6.45) is 1.96. The topological polar surface area (TPSA) is 77.8 Å². The number of ketones is 1. The first kappa shape index (κ1) is 17.0. The fraction of sp³-hybridized carbons (Fsp3) is 0.950. The molecule has 136 valence electrons. The van der Waals surface area contributed by atoms with Crippen molar-refractivity contribution in [2.24, 2.45) is 39.9 Å². The maximum absolute atomic E-state index is 13.2. The minimum atomic E-state index is -0.587. The van der Waals surface area contributed by atoms with Crippen LogP contribution in [-0.2, 0) is 4.79 Å². The number of Topliss-reactive ketones (excluding diaryl/α,β-unsaturated/α-hetero) is 1. The van der Waals surface area contributed by atoms with E-state index in [9.17, 15) is 20.1 Å². The number of carbonyl (C=O) groups excluding carboxylic acids is 1. The number of hydrogen-bond donors (Lipinski definition) is 3. The van der Waals surface area contributed by atoms with Gasteiger partial charge in [-0.1, -0.05) is 27.7 Å². The summed E-state index contributed by atoms with van der Waals surface area (Å²) in [6.45, 7) is 8.25. The van der Waals surface area contributed by atoms with Crippen molar-refractivity contribution in [3.8, 4) is 0 Å². The first-order chi connectivity index (χ1) is 11.1. The van der Waals surface area contributed by atoms with Gasteiger partial charge in [-0.25, -0.2) is 0 Å². The molecule has 4 nitrogen and oxygen atoms in total. The molecule has 4 aliphatic carbocycles. The van der Waals surface area contributed by atoms with Crippen LogP contribution in [0, 0.1) is 39.9 Å². The van der Waals surface area contributed by atoms with E-state index >= 15 is 0 Å². The van der Waals surface area contributed by atoms with Gasteiger partial charge in [-0.3, -0.25) is 4.79 Å². The highest BCUT2D eigenvalue weighted by Gasteiger charge is 2.72. The lowest BCUT2D eigenvalue weighted by molar-refractivity contribution is -0.240. The molecule has 4 saturated carbocycles. The predicted octanol–water partition coefficient (Wildman–Crippen LogP) is 2.15. The van der Waals surface area contributed by atoms with E-state index in [0.29, 0.717) is 19.3 Å². The van der Waals surface area contributed by atoms with Crippen LogP contribution >= 0.6 is 0 Å². The minimum absolute atomic E-state index is 0.000749. The molecule has 0 amide bonds. The summed E-state index contributed by atoms with van der Waals surface area (Å²) in [5.41, 5.74) is -1.26. The second-order valence-electron chi connectivity index (χ2n) is 10.2. The molecule has 4 aliphatic rings. The summed E-state index contributed by atoms with van der Waals surface area (Å²) in [6, 6.07) is 0. The third kappa shape index (κ3) is 1.78. The smallest absolute Gasteiger partial charge is 0.142 e. The third-order valence-electron chi connectivity index (χ3n) is 8.76. The van der Waals surface area contributed by atoms with Gasteiger partial charge in [0, 0.05) is 17.3 Å². The average Bonchev–Trinajstić information content (AvgIpc) is 2.64. The summed E-state index contributed by atoms with van der Waals surface area (Å²) in [7, 11) is 0. The number of fused-ring (bicyclic) bond motifs is 3. The molecular weight excluding hydrogens is 304 g/mol. The molecule has 0 aliphatic heterocycles. The van der Waals surface area contributed by atoms with Gasteiger partial charge >= 0.3 is 0 Å². The van der Waals surface area contributed by atoms with E-state index in [-0.39, 0.29) is 34.9 Å². The second-order valence-corrected chi connectivity index (χ2v) is 10.2. The summed E-state index contributed by atoms with van der Waals surface area (Å²) >= 11 is 0. The van der Waals surface area contributed by atoms with Crippen LogP contribution in [-0.4, -0.2) is 39.4 Å². The lowest BCUT2D eigenvalue weighted by Gasteiger charge is -2.66. The Kier molecular flexibility index (Phi) is 3.42. The average molecular weight is 336 g/mol. The summed E-state index contributed by atoms with van der Waals surface area (Å²) in [4.78, 5) is 13.2. The number of hydrogen-bond acceptors (Lipinski definition) is 4. The van der Waals surface area contributed by atoms with Crippen LogP contribution in [0.2, 0.25) is 0 Å². The molecule has 0 aromatic heterocycles. The number of aliphatic hydroxyl groups excluding tert-OH is 3. The first-order valence-corrected chi connectivity index (χ1v) is 9.64. The summed E-state index contributed by atoms with van der Waals surface area (Å²) in [5, 5.41) is 32.7. The van der Waals surface area contributed by atoms with Crippen molar-refractivity contribution < 1.29 is 20.1 Å². The molecule has 1 spiro atoms. The van der Waals surface area contributed by atoms with E-state index in [1.54, 1.807) is 0 Å². The second kappa shape index (κ2) is 4.83. The molecule has 0 radical (unpaired) electrons. The molecule has 4 rings (SSSR count). The van der Waals surface area contributed by atoms with E-state index in [1.807, 2.05) is 20.8 Å². The summed E-state index contributed by atoms with van der Waals surface area (Å²) < 4.78 is 0. The molecule has 4 heteroatoms. The Bertz CT molecular complexity index is 572. The molecule has 1 unspecified atom stereocenters. The van der Waals surface area contributed by atoms with E-state index in [0.717, 1.165) is 12.8 Å². The Morgan fingerprint density at radius 1 is 1.00 bits per heavy atom. The highest BCUT2D eigenvalue weighted by Crippen LogP contribution is 2.71. The zero-order chi connectivity index (χ0) is 17.7. The molecule has 2 bridgehead atoms. The van der Waals surface area contributed by atoms with Crippen LogP contribution in [0.15, 0.2) is 0 Å². The molecular formula is C20H32O4. The van der Waals surface area contributed by atoms with Gasteiger partial charge in [0.25, 0.3) is 0 Å². The highest BCUT2D eigenvalue weighted by atomic mass is 16.3. The largest absolute Gasteiger partial charge is 0.393 e. The fourth-order valence-electron chi connectivity index (χ4n) is 7.98. The van der Waals surface area contributed by atoms with E-state index in [4.69, 9.17) is 0 Å². The van der Waals surface area contributed by atoms with Crippen molar-refractivity contribution >= 4 is 5.78 Å². The van der Waals surface area contributed by atoms with E-state index < -0.39 is 29.1 Å². The molecule has 24 heavy (non-hydrogen) atoms. The number of aliphatic hydroxyl groups is 3. The Hall–Kier alpha value is -0.450. The molecule has 0 saturated heterocycles. The Morgan fingerprint density at radius 3 is 2.33 bits per heavy atom. The zero-order valence-electron chi connectivity index (χ0n) is 15.3. The van der Waals surface area contributed by atoms with Crippen molar-refractivity contribution in [1.82, 2.24) is 0 Å². The molecule has 9 atom stereocenters. The molecule has 0 aromatic carbocycles. The van der Waals surface area contributed by atoms with Crippen LogP contribution < -0.4 is 0 Å². The maximum atomic E-state index is 13.2. The van der Waals surface area contributed by atoms with Gasteiger partial charge in [0.1, 0.15) is 5.78 Å². The lowest BCUT2D eigenvalue weighted by atomic mass is 9.39. The van der Waals surface area contributed by atoms with Crippen molar-refractivity contribution in [3.05, 3.63) is 0 Å². The van der Waals surface area contributed by atoms with Crippen LogP contribution in [0.3, 0.4) is 0 Å². The van der Waals surface area contributed by atoms with Gasteiger partial charge < -0.3 is 15.3 Å². The Labute approximate surface area is 144 Å². The third-order valence-corrected chi connectivity index (χ3v) is 8.76. The Morgan fingerprint density at radius 2 is 1.67 bits per heavy atom. The van der Waals surface area contributed by atoms with Crippen molar-refractivity contribution in [2.45, 2.75) is 78.1 Å². The molecule has 4 fully saturated rings. The van der Waals surface area contributed by atoms with Crippen molar-refractivity contribution in [1.29, 1.82) is 0 Å². The quantitative estimate of drug-likeness (QED) is 0.633. The van der Waals surface area contributed by atoms with Gasteiger partial charge in [-0.05, 0) is 54.8 Å². The van der Waals surface area contributed by atoms with Gasteiger partial charge in [0.2, 0.25) is 0 Å². The fourth-order valence-corrected chi connectivity index (χ4v) is 7.98. The van der Waals surface area contributed by atoms with Crippen LogP contribution in [0.5, 0.6) is 0 Å². The SMILES string of the molecule is C[C@H]1C(=O)[C@]23C[C@@H]1C[C@H](O)[C@H]2[C@]1(C)CC[C@@H](O)C(C)(C)C1[C@@H](O)C3.